The fourth-order valence-electron chi connectivity index (χ4n) is 1.27. The van der Waals surface area contributed by atoms with Crippen LogP contribution in [0.15, 0.2) is 21.5 Å². The van der Waals surface area contributed by atoms with E-state index in [9.17, 15) is 18.0 Å². The first-order chi connectivity index (χ1) is 8.78. The third-order valence-electron chi connectivity index (χ3n) is 1.90. The Morgan fingerprint density at radius 3 is 2.63 bits per heavy atom. The van der Waals surface area contributed by atoms with Crippen LogP contribution in [0.5, 0.6) is 0 Å². The molecule has 0 bridgehead atoms. The SMILES string of the molecule is CCOC(=O)c1cc(Br)cc(SC(F)(F)F)c1C#N. The van der Waals surface area contributed by atoms with Gasteiger partial charge in [-0.15, -0.1) is 0 Å². The first kappa shape index (κ1) is 15.9. The summed E-state index contributed by atoms with van der Waals surface area (Å²) in [5.41, 5.74) is -5.08. The largest absolute Gasteiger partial charge is 0.462 e. The summed E-state index contributed by atoms with van der Waals surface area (Å²) < 4.78 is 42.2. The van der Waals surface area contributed by atoms with Crippen molar-refractivity contribution in [2.75, 3.05) is 6.61 Å². The van der Waals surface area contributed by atoms with E-state index in [1.165, 1.54) is 6.07 Å². The Morgan fingerprint density at radius 2 is 2.16 bits per heavy atom. The molecule has 0 aliphatic rings. The highest BCUT2D eigenvalue weighted by Crippen LogP contribution is 2.40. The van der Waals surface area contributed by atoms with E-state index < -0.39 is 23.2 Å². The van der Waals surface area contributed by atoms with Gasteiger partial charge in [-0.3, -0.25) is 0 Å². The van der Waals surface area contributed by atoms with Crippen LogP contribution >= 0.6 is 27.7 Å². The van der Waals surface area contributed by atoms with Crippen LogP contribution in [0.3, 0.4) is 0 Å². The zero-order valence-corrected chi connectivity index (χ0v) is 11.9. The molecule has 0 aromatic heterocycles. The predicted octanol–water partition coefficient (Wildman–Crippen LogP) is 4.11. The maximum atomic E-state index is 12.4. The van der Waals surface area contributed by atoms with E-state index in [-0.39, 0.29) is 27.1 Å². The van der Waals surface area contributed by atoms with Crippen LogP contribution in [-0.2, 0) is 4.74 Å². The molecule has 19 heavy (non-hydrogen) atoms. The molecule has 1 aromatic rings. The van der Waals surface area contributed by atoms with E-state index in [1.807, 2.05) is 0 Å². The summed E-state index contributed by atoms with van der Waals surface area (Å²) in [6.07, 6.45) is 0. The lowest BCUT2D eigenvalue weighted by molar-refractivity contribution is -0.0328. The Bertz CT molecular complexity index is 540. The zero-order chi connectivity index (χ0) is 14.6. The van der Waals surface area contributed by atoms with Gasteiger partial charge in [-0.05, 0) is 30.8 Å². The van der Waals surface area contributed by atoms with Gasteiger partial charge in [-0.1, -0.05) is 15.9 Å². The highest BCUT2D eigenvalue weighted by molar-refractivity contribution is 9.10. The molecule has 0 amide bonds. The van der Waals surface area contributed by atoms with E-state index in [0.717, 1.165) is 6.07 Å². The lowest BCUT2D eigenvalue weighted by atomic mass is 10.1. The second-order valence-corrected chi connectivity index (χ2v) is 5.23. The van der Waals surface area contributed by atoms with Crippen molar-refractivity contribution in [1.82, 2.24) is 0 Å². The summed E-state index contributed by atoms with van der Waals surface area (Å²) in [5, 5.41) is 8.95. The number of carbonyl (C=O) groups is 1. The number of hydrogen-bond donors (Lipinski definition) is 0. The van der Waals surface area contributed by atoms with Crippen LogP contribution in [-0.4, -0.2) is 18.1 Å². The van der Waals surface area contributed by atoms with E-state index in [2.05, 4.69) is 15.9 Å². The van der Waals surface area contributed by atoms with Crippen molar-refractivity contribution < 1.29 is 22.7 Å². The van der Waals surface area contributed by atoms with Crippen molar-refractivity contribution in [2.24, 2.45) is 0 Å². The van der Waals surface area contributed by atoms with Gasteiger partial charge in [0.15, 0.2) is 0 Å². The van der Waals surface area contributed by atoms with Gasteiger partial charge in [-0.25, -0.2) is 4.79 Å². The second kappa shape index (κ2) is 6.30. The molecular weight excluding hydrogens is 347 g/mol. The molecule has 0 radical (unpaired) electrons. The first-order valence-corrected chi connectivity index (χ1v) is 6.56. The van der Waals surface area contributed by atoms with Crippen molar-refractivity contribution in [1.29, 1.82) is 5.26 Å². The number of esters is 1. The Labute approximate surface area is 119 Å². The number of hydrogen-bond acceptors (Lipinski definition) is 4. The second-order valence-electron chi connectivity index (χ2n) is 3.21. The molecule has 3 nitrogen and oxygen atoms in total. The molecule has 0 unspecified atom stereocenters. The van der Waals surface area contributed by atoms with Crippen LogP contribution in [0.4, 0.5) is 13.2 Å². The molecule has 8 heteroatoms. The van der Waals surface area contributed by atoms with Crippen molar-refractivity contribution in [3.8, 4) is 6.07 Å². The molecule has 0 heterocycles. The minimum Gasteiger partial charge on any atom is -0.462 e. The molecule has 102 valence electrons. The average molecular weight is 354 g/mol. The van der Waals surface area contributed by atoms with Gasteiger partial charge in [0, 0.05) is 9.37 Å². The molecule has 0 fully saturated rings. The topological polar surface area (TPSA) is 50.1 Å². The van der Waals surface area contributed by atoms with Gasteiger partial charge >= 0.3 is 11.5 Å². The highest BCUT2D eigenvalue weighted by atomic mass is 79.9. The third kappa shape index (κ3) is 4.44. The summed E-state index contributed by atoms with van der Waals surface area (Å²) in [6, 6.07) is 4.01. The van der Waals surface area contributed by atoms with Crippen molar-refractivity contribution in [3.05, 3.63) is 27.7 Å². The van der Waals surface area contributed by atoms with Gasteiger partial charge in [0.25, 0.3) is 0 Å². The van der Waals surface area contributed by atoms with E-state index >= 15 is 0 Å². The molecule has 0 spiro atoms. The van der Waals surface area contributed by atoms with E-state index in [0.29, 0.717) is 0 Å². The van der Waals surface area contributed by atoms with Crippen LogP contribution in [0.25, 0.3) is 0 Å². The summed E-state index contributed by atoms with van der Waals surface area (Å²) in [7, 11) is 0. The summed E-state index contributed by atoms with van der Waals surface area (Å²) in [6.45, 7) is 1.63. The number of nitriles is 1. The fourth-order valence-corrected chi connectivity index (χ4v) is 2.57. The standard InChI is InChI=1S/C11H7BrF3NO2S/c1-2-18-10(17)7-3-6(12)4-9(8(7)5-16)19-11(13,14)15/h3-4H,2H2,1H3. The van der Waals surface area contributed by atoms with E-state index in [1.54, 1.807) is 13.0 Å². The lowest BCUT2D eigenvalue weighted by Crippen LogP contribution is -2.09. The Hall–Kier alpha value is -1.20. The van der Waals surface area contributed by atoms with Crippen LogP contribution in [0, 0.1) is 11.3 Å². The summed E-state index contributed by atoms with van der Waals surface area (Å²) in [4.78, 5) is 11.3. The quantitative estimate of drug-likeness (QED) is 0.606. The molecule has 1 rings (SSSR count). The zero-order valence-electron chi connectivity index (χ0n) is 9.55. The minimum atomic E-state index is -4.54. The van der Waals surface area contributed by atoms with Crippen LogP contribution in [0.1, 0.15) is 22.8 Å². The van der Waals surface area contributed by atoms with Gasteiger partial charge in [0.2, 0.25) is 0 Å². The maximum absolute atomic E-state index is 12.4. The molecule has 1 aromatic carbocycles. The number of thioether (sulfide) groups is 1. The monoisotopic (exact) mass is 353 g/mol. The number of carbonyl (C=O) groups excluding carboxylic acids is 1. The first-order valence-electron chi connectivity index (χ1n) is 4.95. The number of nitrogens with zero attached hydrogens (tertiary/aromatic N) is 1. The normalized spacial score (nSPS) is 10.9. The summed E-state index contributed by atoms with van der Waals surface area (Å²) in [5.74, 6) is -0.829. The van der Waals surface area contributed by atoms with Gasteiger partial charge in [0.05, 0.1) is 17.7 Å². The Kier molecular flexibility index (Phi) is 5.26. The minimum absolute atomic E-state index is 0.0674. The summed E-state index contributed by atoms with van der Waals surface area (Å²) >= 11 is 2.56. The molecule has 0 saturated carbocycles. The number of ether oxygens (including phenoxy) is 1. The lowest BCUT2D eigenvalue weighted by Gasteiger charge is -2.11. The third-order valence-corrected chi connectivity index (χ3v) is 3.13. The molecule has 0 aliphatic carbocycles. The molecule has 0 atom stereocenters. The smallest absolute Gasteiger partial charge is 0.446 e. The number of halogens is 4. The average Bonchev–Trinajstić information content (AvgIpc) is 2.26. The van der Waals surface area contributed by atoms with Crippen molar-refractivity contribution in [3.63, 3.8) is 0 Å². The highest BCUT2D eigenvalue weighted by Gasteiger charge is 2.32. The van der Waals surface area contributed by atoms with Crippen LogP contribution in [0.2, 0.25) is 0 Å². The number of benzene rings is 1. The van der Waals surface area contributed by atoms with Gasteiger partial charge in [0.1, 0.15) is 6.07 Å². The molecule has 0 saturated heterocycles. The van der Waals surface area contributed by atoms with Crippen molar-refractivity contribution >= 4 is 33.7 Å². The van der Waals surface area contributed by atoms with Crippen LogP contribution < -0.4 is 0 Å². The van der Waals surface area contributed by atoms with E-state index in [4.69, 9.17) is 10.00 Å². The predicted molar refractivity (Wildman–Crippen MR) is 66.7 cm³/mol. The Balaban J connectivity index is 3.34. The Morgan fingerprint density at radius 1 is 1.53 bits per heavy atom. The number of alkyl halides is 3. The fraction of sp³-hybridized carbons (Fsp3) is 0.273. The van der Waals surface area contributed by atoms with Gasteiger partial charge in [-0.2, -0.15) is 18.4 Å². The van der Waals surface area contributed by atoms with Gasteiger partial charge < -0.3 is 4.74 Å². The number of rotatable bonds is 3. The maximum Gasteiger partial charge on any atom is 0.446 e. The van der Waals surface area contributed by atoms with Crippen molar-refractivity contribution in [2.45, 2.75) is 17.3 Å². The molecule has 0 aliphatic heterocycles. The molecular formula is C11H7BrF3NO2S. The molecule has 0 N–H and O–H groups in total.